The van der Waals surface area contributed by atoms with Crippen molar-refractivity contribution in [3.63, 3.8) is 0 Å². The van der Waals surface area contributed by atoms with E-state index in [4.69, 9.17) is 10.2 Å². The van der Waals surface area contributed by atoms with Crippen LogP contribution in [-0.4, -0.2) is 35.2 Å². The molecular formula is C9H12N4O2. The highest BCUT2D eigenvalue weighted by Crippen LogP contribution is 2.21. The van der Waals surface area contributed by atoms with E-state index in [-0.39, 0.29) is 11.8 Å². The third-order valence-electron chi connectivity index (χ3n) is 2.34. The van der Waals surface area contributed by atoms with Gasteiger partial charge in [0.25, 0.3) is 5.91 Å². The molecule has 1 aromatic rings. The highest BCUT2D eigenvalue weighted by Gasteiger charge is 2.35. The van der Waals surface area contributed by atoms with E-state index >= 15 is 0 Å². The molecule has 1 unspecified atom stereocenters. The summed E-state index contributed by atoms with van der Waals surface area (Å²) in [6.45, 7) is 0.442. The smallest absolute Gasteiger partial charge is 0.251 e. The Morgan fingerprint density at radius 2 is 2.47 bits per heavy atom. The lowest BCUT2D eigenvalue weighted by atomic mass is 9.98. The third-order valence-corrected chi connectivity index (χ3v) is 2.34. The molecule has 0 spiro atoms. The normalized spacial score (nSPS) is 20.9. The van der Waals surface area contributed by atoms with Gasteiger partial charge in [-0.1, -0.05) is 0 Å². The quantitative estimate of drug-likeness (QED) is 0.746. The maximum Gasteiger partial charge on any atom is 0.251 e. The predicted octanol–water partition coefficient (Wildman–Crippen LogP) is -0.184. The standard InChI is InChI=1S/C9H12N4O2/c1-13-9(14)6(2-3-10)8(12-13)7-4-11-5-15-7/h4-6H,2-3,10H2,1H3. The van der Waals surface area contributed by atoms with E-state index in [1.807, 2.05) is 0 Å². The van der Waals surface area contributed by atoms with Crippen molar-refractivity contribution in [1.29, 1.82) is 0 Å². The minimum Gasteiger partial charge on any atom is -0.442 e. The first-order chi connectivity index (χ1) is 7.24. The first kappa shape index (κ1) is 9.85. The van der Waals surface area contributed by atoms with Gasteiger partial charge in [-0.25, -0.2) is 9.99 Å². The molecule has 0 bridgehead atoms. The summed E-state index contributed by atoms with van der Waals surface area (Å²) in [4.78, 5) is 15.5. The van der Waals surface area contributed by atoms with E-state index < -0.39 is 0 Å². The summed E-state index contributed by atoms with van der Waals surface area (Å²) < 4.78 is 5.13. The molecule has 0 saturated heterocycles. The maximum absolute atomic E-state index is 11.7. The van der Waals surface area contributed by atoms with E-state index in [0.29, 0.717) is 24.4 Å². The predicted molar refractivity (Wildman–Crippen MR) is 53.0 cm³/mol. The fraction of sp³-hybridized carbons (Fsp3) is 0.444. The number of nitrogens with zero attached hydrogens (tertiary/aromatic N) is 3. The molecule has 0 fully saturated rings. The van der Waals surface area contributed by atoms with Crippen molar-refractivity contribution in [3.05, 3.63) is 18.4 Å². The summed E-state index contributed by atoms with van der Waals surface area (Å²) in [5, 5.41) is 5.44. The van der Waals surface area contributed by atoms with Crippen molar-refractivity contribution < 1.29 is 9.21 Å². The highest BCUT2D eigenvalue weighted by molar-refractivity contribution is 6.14. The van der Waals surface area contributed by atoms with Gasteiger partial charge in [0, 0.05) is 7.05 Å². The molecule has 0 aliphatic carbocycles. The summed E-state index contributed by atoms with van der Waals surface area (Å²) in [7, 11) is 1.62. The first-order valence-electron chi connectivity index (χ1n) is 4.69. The minimum absolute atomic E-state index is 0.0492. The van der Waals surface area contributed by atoms with Crippen molar-refractivity contribution in [1.82, 2.24) is 9.99 Å². The van der Waals surface area contributed by atoms with Crippen molar-refractivity contribution in [2.24, 2.45) is 16.8 Å². The second kappa shape index (κ2) is 3.82. The number of oxazole rings is 1. The minimum atomic E-state index is -0.298. The SMILES string of the molecule is CN1N=C(c2cnco2)C(CCN)C1=O. The van der Waals surface area contributed by atoms with E-state index in [0.717, 1.165) is 0 Å². The van der Waals surface area contributed by atoms with Crippen LogP contribution in [0.3, 0.4) is 0 Å². The van der Waals surface area contributed by atoms with Crippen LogP contribution in [0.25, 0.3) is 0 Å². The fourth-order valence-corrected chi connectivity index (χ4v) is 1.61. The molecular weight excluding hydrogens is 196 g/mol. The topological polar surface area (TPSA) is 84.7 Å². The van der Waals surface area contributed by atoms with Crippen LogP contribution in [0.1, 0.15) is 12.2 Å². The lowest BCUT2D eigenvalue weighted by Gasteiger charge is -2.08. The van der Waals surface area contributed by atoms with Gasteiger partial charge in [-0.3, -0.25) is 4.79 Å². The van der Waals surface area contributed by atoms with E-state index in [1.165, 1.54) is 11.4 Å². The molecule has 2 N–H and O–H groups in total. The van der Waals surface area contributed by atoms with Crippen LogP contribution in [0.15, 0.2) is 22.1 Å². The molecule has 1 atom stereocenters. The second-order valence-electron chi connectivity index (χ2n) is 3.34. The molecule has 80 valence electrons. The zero-order chi connectivity index (χ0) is 10.8. The molecule has 0 radical (unpaired) electrons. The van der Waals surface area contributed by atoms with Crippen molar-refractivity contribution in [3.8, 4) is 0 Å². The summed E-state index contributed by atoms with van der Waals surface area (Å²) in [6.07, 6.45) is 3.44. The van der Waals surface area contributed by atoms with Crippen molar-refractivity contribution in [2.75, 3.05) is 13.6 Å². The van der Waals surface area contributed by atoms with Crippen LogP contribution in [0.5, 0.6) is 0 Å². The Hall–Kier alpha value is -1.69. The number of carbonyl (C=O) groups is 1. The van der Waals surface area contributed by atoms with Gasteiger partial charge in [-0.15, -0.1) is 0 Å². The van der Waals surface area contributed by atoms with Crippen LogP contribution in [0.4, 0.5) is 0 Å². The van der Waals surface area contributed by atoms with Gasteiger partial charge in [0.1, 0.15) is 5.71 Å². The average molecular weight is 208 g/mol. The van der Waals surface area contributed by atoms with Gasteiger partial charge in [-0.2, -0.15) is 5.10 Å². The zero-order valence-corrected chi connectivity index (χ0v) is 8.38. The molecule has 1 aromatic heterocycles. The van der Waals surface area contributed by atoms with Crippen molar-refractivity contribution in [2.45, 2.75) is 6.42 Å². The number of hydrazone groups is 1. The van der Waals surface area contributed by atoms with Crippen molar-refractivity contribution >= 4 is 11.6 Å². The van der Waals surface area contributed by atoms with E-state index in [2.05, 4.69) is 10.1 Å². The molecule has 1 aliphatic rings. The summed E-state index contributed by atoms with van der Waals surface area (Å²) in [5.74, 6) is 0.186. The van der Waals surface area contributed by atoms with Crippen LogP contribution in [-0.2, 0) is 4.79 Å². The molecule has 1 aliphatic heterocycles. The van der Waals surface area contributed by atoms with Crippen LogP contribution < -0.4 is 5.73 Å². The molecule has 1 amide bonds. The van der Waals surface area contributed by atoms with E-state index in [9.17, 15) is 4.79 Å². The van der Waals surface area contributed by atoms with Gasteiger partial charge in [0.15, 0.2) is 12.2 Å². The van der Waals surface area contributed by atoms with Gasteiger partial charge in [-0.05, 0) is 13.0 Å². The molecule has 15 heavy (non-hydrogen) atoms. The van der Waals surface area contributed by atoms with Crippen LogP contribution in [0, 0.1) is 5.92 Å². The Morgan fingerprint density at radius 1 is 1.67 bits per heavy atom. The molecule has 6 heteroatoms. The van der Waals surface area contributed by atoms with Gasteiger partial charge in [0.2, 0.25) is 0 Å². The Balaban J connectivity index is 2.29. The summed E-state index contributed by atoms with van der Waals surface area (Å²) >= 11 is 0. The van der Waals surface area contributed by atoms with Gasteiger partial charge >= 0.3 is 0 Å². The number of rotatable bonds is 3. The first-order valence-corrected chi connectivity index (χ1v) is 4.69. The zero-order valence-electron chi connectivity index (χ0n) is 8.38. The molecule has 6 nitrogen and oxygen atoms in total. The Morgan fingerprint density at radius 3 is 3.07 bits per heavy atom. The van der Waals surface area contributed by atoms with E-state index in [1.54, 1.807) is 13.2 Å². The van der Waals surface area contributed by atoms with Crippen LogP contribution >= 0.6 is 0 Å². The number of hydrogen-bond acceptors (Lipinski definition) is 5. The molecule has 2 rings (SSSR count). The number of carbonyl (C=O) groups excluding carboxylic acids is 1. The monoisotopic (exact) mass is 208 g/mol. The lowest BCUT2D eigenvalue weighted by Crippen LogP contribution is -2.27. The average Bonchev–Trinajstić information content (AvgIpc) is 2.81. The highest BCUT2D eigenvalue weighted by atomic mass is 16.3. The second-order valence-corrected chi connectivity index (χ2v) is 3.34. The third kappa shape index (κ3) is 1.63. The van der Waals surface area contributed by atoms with Crippen LogP contribution in [0.2, 0.25) is 0 Å². The fourth-order valence-electron chi connectivity index (χ4n) is 1.61. The Labute approximate surface area is 86.8 Å². The van der Waals surface area contributed by atoms with Gasteiger partial charge in [0.05, 0.1) is 12.1 Å². The number of aromatic nitrogens is 1. The Bertz CT molecular complexity index is 385. The van der Waals surface area contributed by atoms with Gasteiger partial charge < -0.3 is 10.2 Å². The number of nitrogens with two attached hydrogens (primary N) is 1. The lowest BCUT2D eigenvalue weighted by molar-refractivity contribution is -0.130. The maximum atomic E-state index is 11.7. The largest absolute Gasteiger partial charge is 0.442 e. The number of hydrogen-bond donors (Lipinski definition) is 1. The Kier molecular flexibility index (Phi) is 2.51. The summed E-state index contributed by atoms with van der Waals surface area (Å²) in [5.41, 5.74) is 6.08. The number of amides is 1. The molecule has 0 aromatic carbocycles. The summed E-state index contributed by atoms with van der Waals surface area (Å²) in [6, 6.07) is 0. The molecule has 0 saturated carbocycles. The molecule has 2 heterocycles.